The largest absolute Gasteiger partial charge is 0.320 e. The Labute approximate surface area is 87.4 Å². The van der Waals surface area contributed by atoms with Crippen molar-refractivity contribution in [3.05, 3.63) is 40.9 Å². The van der Waals surface area contributed by atoms with Gasteiger partial charge in [0.05, 0.1) is 10.3 Å². The number of carbonyl (C=O) groups excluding carboxylic acids is 1. The molecule has 0 spiro atoms. The molecule has 0 aromatic heterocycles. The van der Waals surface area contributed by atoms with E-state index in [0.29, 0.717) is 0 Å². The Morgan fingerprint density at radius 3 is 2.64 bits per heavy atom. The van der Waals surface area contributed by atoms with Crippen molar-refractivity contribution in [1.29, 1.82) is 0 Å². The van der Waals surface area contributed by atoms with Crippen LogP contribution in [0.1, 0.15) is 12.5 Å². The number of amides is 1. The molecule has 1 unspecified atom stereocenters. The molecule has 1 amide bonds. The van der Waals surface area contributed by atoms with Gasteiger partial charge in [0.2, 0.25) is 5.91 Å². The average Bonchev–Trinajstić information content (AvgIpc) is 2.47. The predicted molar refractivity (Wildman–Crippen MR) is 59.6 cm³/mol. The highest BCUT2D eigenvalue weighted by Crippen LogP contribution is 2.27. The van der Waals surface area contributed by atoms with Gasteiger partial charge in [0.15, 0.2) is 0 Å². The van der Waals surface area contributed by atoms with Gasteiger partial charge in [-0.05, 0) is 18.6 Å². The molecule has 1 heterocycles. The molecule has 1 aliphatic heterocycles. The minimum atomic E-state index is 0.0324. The number of hydrogen-bond acceptors (Lipinski definition) is 2. The number of carbonyl (C=O) groups is 1. The average molecular weight is 205 g/mol. The van der Waals surface area contributed by atoms with Crippen LogP contribution in [0, 0.1) is 0 Å². The van der Waals surface area contributed by atoms with Crippen LogP contribution in [0.5, 0.6) is 0 Å². The molecule has 14 heavy (non-hydrogen) atoms. The van der Waals surface area contributed by atoms with Gasteiger partial charge in [-0.25, -0.2) is 0 Å². The molecule has 72 valence electrons. The molecule has 0 bridgehead atoms. The summed E-state index contributed by atoms with van der Waals surface area (Å²) >= 11 is 1.57. The van der Waals surface area contributed by atoms with Gasteiger partial charge in [-0.2, -0.15) is 0 Å². The summed E-state index contributed by atoms with van der Waals surface area (Å²) in [6, 6.07) is 9.98. The quantitative estimate of drug-likeness (QED) is 0.761. The van der Waals surface area contributed by atoms with Gasteiger partial charge in [0.1, 0.15) is 0 Å². The second-order valence-corrected chi connectivity index (χ2v) is 4.55. The van der Waals surface area contributed by atoms with E-state index in [1.54, 1.807) is 11.8 Å². The summed E-state index contributed by atoms with van der Waals surface area (Å²) in [5, 5.41) is 3.81. The Morgan fingerprint density at radius 2 is 2.07 bits per heavy atom. The van der Waals surface area contributed by atoms with Gasteiger partial charge in [0.25, 0.3) is 0 Å². The van der Waals surface area contributed by atoms with Crippen molar-refractivity contribution < 1.29 is 4.79 Å². The molecule has 1 fully saturated rings. The van der Waals surface area contributed by atoms with Crippen molar-refractivity contribution >= 4 is 23.7 Å². The first-order valence-electron chi connectivity index (χ1n) is 4.50. The van der Waals surface area contributed by atoms with E-state index in [2.05, 4.69) is 5.32 Å². The predicted octanol–water partition coefficient (Wildman–Crippen LogP) is 2.24. The van der Waals surface area contributed by atoms with Crippen molar-refractivity contribution in [3.63, 3.8) is 0 Å². The highest BCUT2D eigenvalue weighted by Gasteiger charge is 2.23. The van der Waals surface area contributed by atoms with Crippen molar-refractivity contribution in [2.45, 2.75) is 12.2 Å². The van der Waals surface area contributed by atoms with E-state index < -0.39 is 0 Å². The van der Waals surface area contributed by atoms with Gasteiger partial charge in [-0.1, -0.05) is 42.1 Å². The van der Waals surface area contributed by atoms with Gasteiger partial charge >= 0.3 is 0 Å². The molecule has 2 nitrogen and oxygen atoms in total. The molecule has 0 radical (unpaired) electrons. The maximum absolute atomic E-state index is 11.2. The lowest BCUT2D eigenvalue weighted by atomic mass is 10.2. The van der Waals surface area contributed by atoms with Crippen LogP contribution in [0.3, 0.4) is 0 Å². The standard InChI is InChI=1S/C11H11NOS/c1-8-11(13)12-10(14-8)7-9-5-3-2-4-6-9/h2-8H,1H3,(H,12,13)/b10-7+. The molecular formula is C11H11NOS. The Bertz CT molecular complexity index is 372. The fraction of sp³-hybridized carbons (Fsp3) is 0.182. The van der Waals surface area contributed by atoms with E-state index >= 15 is 0 Å². The molecule has 2 rings (SSSR count). The summed E-state index contributed by atoms with van der Waals surface area (Å²) in [5.74, 6) is 0.0946. The summed E-state index contributed by atoms with van der Waals surface area (Å²) in [7, 11) is 0. The summed E-state index contributed by atoms with van der Waals surface area (Å²) in [6.07, 6.45) is 1.99. The fourth-order valence-corrected chi connectivity index (χ4v) is 2.18. The molecule has 1 aromatic rings. The number of thioether (sulfide) groups is 1. The van der Waals surface area contributed by atoms with Crippen LogP contribution in [0.2, 0.25) is 0 Å². The third-order valence-corrected chi connectivity index (χ3v) is 3.06. The fourth-order valence-electron chi connectivity index (χ4n) is 1.27. The van der Waals surface area contributed by atoms with Crippen LogP contribution < -0.4 is 5.32 Å². The first-order chi connectivity index (χ1) is 6.75. The van der Waals surface area contributed by atoms with E-state index in [1.165, 1.54) is 0 Å². The summed E-state index contributed by atoms with van der Waals surface area (Å²) in [6.45, 7) is 1.91. The number of benzene rings is 1. The van der Waals surface area contributed by atoms with Crippen LogP contribution >= 0.6 is 11.8 Å². The Hall–Kier alpha value is -1.22. The highest BCUT2D eigenvalue weighted by atomic mass is 32.2. The molecule has 3 heteroatoms. The van der Waals surface area contributed by atoms with Crippen LogP contribution in [-0.2, 0) is 4.79 Å². The van der Waals surface area contributed by atoms with E-state index in [-0.39, 0.29) is 11.2 Å². The first kappa shape index (κ1) is 9.34. The van der Waals surface area contributed by atoms with Gasteiger partial charge in [-0.15, -0.1) is 0 Å². The molecule has 1 N–H and O–H groups in total. The first-order valence-corrected chi connectivity index (χ1v) is 5.38. The minimum absolute atomic E-state index is 0.0324. The van der Waals surface area contributed by atoms with Crippen LogP contribution in [0.25, 0.3) is 6.08 Å². The highest BCUT2D eigenvalue weighted by molar-refractivity contribution is 8.04. The zero-order valence-electron chi connectivity index (χ0n) is 7.86. The third-order valence-electron chi connectivity index (χ3n) is 2.02. The van der Waals surface area contributed by atoms with E-state index in [1.807, 2.05) is 43.3 Å². The SMILES string of the molecule is CC1S/C(=C/c2ccccc2)NC1=O. The van der Waals surface area contributed by atoms with Crippen LogP contribution in [-0.4, -0.2) is 11.2 Å². The lowest BCUT2D eigenvalue weighted by Crippen LogP contribution is -2.19. The summed E-state index contributed by atoms with van der Waals surface area (Å²) < 4.78 is 0. The molecule has 0 saturated carbocycles. The molecule has 0 aliphatic carbocycles. The number of hydrogen-bond donors (Lipinski definition) is 1. The second kappa shape index (κ2) is 3.88. The Balaban J connectivity index is 2.17. The molecule has 1 aliphatic rings. The molecule has 1 atom stereocenters. The minimum Gasteiger partial charge on any atom is -0.320 e. The van der Waals surface area contributed by atoms with Crippen molar-refractivity contribution in [3.8, 4) is 0 Å². The maximum Gasteiger partial charge on any atom is 0.238 e. The maximum atomic E-state index is 11.2. The van der Waals surface area contributed by atoms with Crippen LogP contribution in [0.15, 0.2) is 35.4 Å². The number of nitrogens with one attached hydrogen (secondary N) is 1. The van der Waals surface area contributed by atoms with Gasteiger partial charge in [-0.3, -0.25) is 4.79 Å². The molecular weight excluding hydrogens is 194 g/mol. The lowest BCUT2D eigenvalue weighted by molar-refractivity contribution is -0.118. The van der Waals surface area contributed by atoms with Crippen molar-refractivity contribution in [2.24, 2.45) is 0 Å². The Morgan fingerprint density at radius 1 is 1.36 bits per heavy atom. The molecule has 1 saturated heterocycles. The Kier molecular flexibility index (Phi) is 2.59. The van der Waals surface area contributed by atoms with E-state index in [0.717, 1.165) is 10.6 Å². The van der Waals surface area contributed by atoms with E-state index in [9.17, 15) is 4.79 Å². The zero-order chi connectivity index (χ0) is 9.97. The summed E-state index contributed by atoms with van der Waals surface area (Å²) in [5.41, 5.74) is 1.12. The smallest absolute Gasteiger partial charge is 0.238 e. The zero-order valence-corrected chi connectivity index (χ0v) is 8.67. The van der Waals surface area contributed by atoms with E-state index in [4.69, 9.17) is 0 Å². The van der Waals surface area contributed by atoms with Gasteiger partial charge in [0, 0.05) is 0 Å². The van der Waals surface area contributed by atoms with Gasteiger partial charge < -0.3 is 5.32 Å². The summed E-state index contributed by atoms with van der Waals surface area (Å²) in [4.78, 5) is 11.2. The monoisotopic (exact) mass is 205 g/mol. The lowest BCUT2D eigenvalue weighted by Gasteiger charge is -1.96. The normalized spacial score (nSPS) is 23.9. The van der Waals surface area contributed by atoms with Crippen LogP contribution in [0.4, 0.5) is 0 Å². The number of rotatable bonds is 1. The van der Waals surface area contributed by atoms with Crippen molar-refractivity contribution in [1.82, 2.24) is 5.32 Å². The molecule has 1 aromatic carbocycles. The second-order valence-electron chi connectivity index (χ2n) is 3.17. The third kappa shape index (κ3) is 1.99. The topological polar surface area (TPSA) is 29.1 Å². The van der Waals surface area contributed by atoms with Crippen molar-refractivity contribution in [2.75, 3.05) is 0 Å².